The van der Waals surface area contributed by atoms with Crippen molar-refractivity contribution in [1.82, 2.24) is 4.98 Å². The number of fused-ring (bicyclic) bond motifs is 3. The number of rotatable bonds is 2. The molecule has 0 amide bonds. The van der Waals surface area contributed by atoms with Gasteiger partial charge in [0.2, 0.25) is 5.88 Å². The van der Waals surface area contributed by atoms with Crippen molar-refractivity contribution in [3.8, 4) is 17.7 Å². The average Bonchev–Trinajstić information content (AvgIpc) is 3.04. The summed E-state index contributed by atoms with van der Waals surface area (Å²) in [6, 6.07) is 16.9. The van der Waals surface area contributed by atoms with Crippen molar-refractivity contribution in [2.24, 2.45) is 0 Å². The van der Waals surface area contributed by atoms with Crippen molar-refractivity contribution in [2.45, 2.75) is 0 Å². The fraction of sp³-hybridized carbons (Fsp3) is 0. The zero-order valence-corrected chi connectivity index (χ0v) is 13.4. The molecule has 0 aliphatic carbocycles. The summed E-state index contributed by atoms with van der Waals surface area (Å²) in [5, 5.41) is 13.7. The molecule has 3 nitrogen and oxygen atoms in total. The molecule has 0 aliphatic heterocycles. The van der Waals surface area contributed by atoms with Gasteiger partial charge in [-0.3, -0.25) is 0 Å². The summed E-state index contributed by atoms with van der Waals surface area (Å²) in [6.45, 7) is 0. The smallest absolute Gasteiger partial charge is 0.228 e. The van der Waals surface area contributed by atoms with Crippen molar-refractivity contribution in [2.75, 3.05) is 0 Å². The van der Waals surface area contributed by atoms with Crippen LogP contribution in [0.25, 0.3) is 21.0 Å². The van der Waals surface area contributed by atoms with Gasteiger partial charge in [0.15, 0.2) is 0 Å². The highest BCUT2D eigenvalue weighted by Crippen LogP contribution is 2.37. The number of ether oxygens (including phenoxy) is 1. The number of aromatic nitrogens is 1. The maximum absolute atomic E-state index is 9.08. The molecule has 4 rings (SSSR count). The summed E-state index contributed by atoms with van der Waals surface area (Å²) >= 11 is 7.64. The van der Waals surface area contributed by atoms with Crippen molar-refractivity contribution in [3.63, 3.8) is 0 Å². The molecule has 0 bridgehead atoms. The van der Waals surface area contributed by atoms with Crippen LogP contribution < -0.4 is 4.74 Å². The van der Waals surface area contributed by atoms with Crippen molar-refractivity contribution >= 4 is 43.9 Å². The number of hydrogen-bond acceptors (Lipinski definition) is 4. The molecule has 2 aromatic heterocycles. The maximum atomic E-state index is 9.08. The third-order valence-corrected chi connectivity index (χ3v) is 4.68. The third kappa shape index (κ3) is 2.50. The van der Waals surface area contributed by atoms with Gasteiger partial charge in [-0.05, 0) is 41.8 Å². The van der Waals surface area contributed by atoms with Crippen molar-refractivity contribution < 1.29 is 4.74 Å². The molecular weight excluding hydrogens is 328 g/mol. The summed E-state index contributed by atoms with van der Waals surface area (Å²) < 4.78 is 7.03. The first-order valence-electron chi connectivity index (χ1n) is 6.89. The molecule has 0 saturated heterocycles. The highest BCUT2D eigenvalue weighted by atomic mass is 35.5. The number of nitrogens with zero attached hydrogens (tertiary/aromatic N) is 2. The lowest BCUT2D eigenvalue weighted by Crippen LogP contribution is -1.90. The van der Waals surface area contributed by atoms with E-state index in [0.717, 1.165) is 21.0 Å². The van der Waals surface area contributed by atoms with E-state index in [1.807, 2.05) is 29.6 Å². The van der Waals surface area contributed by atoms with Gasteiger partial charge < -0.3 is 4.74 Å². The summed E-state index contributed by atoms with van der Waals surface area (Å²) in [6.07, 6.45) is 0. The number of nitriles is 1. The first-order chi connectivity index (χ1) is 11.2. The molecular formula is C18H9ClN2OS. The van der Waals surface area contributed by atoms with Crippen LogP contribution >= 0.6 is 22.9 Å². The van der Waals surface area contributed by atoms with E-state index in [1.165, 1.54) is 0 Å². The van der Waals surface area contributed by atoms with Crippen LogP contribution in [0.1, 0.15) is 5.56 Å². The van der Waals surface area contributed by atoms with E-state index in [2.05, 4.69) is 11.1 Å². The lowest BCUT2D eigenvalue weighted by Gasteiger charge is -2.08. The van der Waals surface area contributed by atoms with Gasteiger partial charge >= 0.3 is 0 Å². The van der Waals surface area contributed by atoms with Crippen LogP contribution in [-0.4, -0.2) is 4.98 Å². The minimum Gasteiger partial charge on any atom is -0.438 e. The molecule has 0 fully saturated rings. The zero-order valence-electron chi connectivity index (χ0n) is 11.8. The molecule has 0 unspecified atom stereocenters. The molecule has 0 aliphatic rings. The van der Waals surface area contributed by atoms with E-state index in [-0.39, 0.29) is 0 Å². The van der Waals surface area contributed by atoms with Gasteiger partial charge in [-0.1, -0.05) is 23.7 Å². The lowest BCUT2D eigenvalue weighted by molar-refractivity contribution is 0.471. The molecule has 23 heavy (non-hydrogen) atoms. The molecule has 0 radical (unpaired) electrons. The largest absolute Gasteiger partial charge is 0.438 e. The van der Waals surface area contributed by atoms with Gasteiger partial charge in [0, 0.05) is 15.1 Å². The minimum atomic E-state index is 0.520. The summed E-state index contributed by atoms with van der Waals surface area (Å²) in [5.74, 6) is 1.15. The Balaban J connectivity index is 1.93. The molecule has 0 N–H and O–H groups in total. The normalized spacial score (nSPS) is 10.8. The van der Waals surface area contributed by atoms with Crippen LogP contribution in [0.4, 0.5) is 0 Å². The van der Waals surface area contributed by atoms with E-state index in [4.69, 9.17) is 21.6 Å². The van der Waals surface area contributed by atoms with Crippen molar-refractivity contribution in [1.29, 1.82) is 5.26 Å². The third-order valence-electron chi connectivity index (χ3n) is 3.50. The lowest BCUT2D eigenvalue weighted by atomic mass is 10.1. The van der Waals surface area contributed by atoms with Gasteiger partial charge in [0.05, 0.1) is 22.5 Å². The fourth-order valence-corrected chi connectivity index (χ4v) is 3.56. The van der Waals surface area contributed by atoms with Gasteiger partial charge in [0.25, 0.3) is 0 Å². The topological polar surface area (TPSA) is 45.9 Å². The monoisotopic (exact) mass is 336 g/mol. The molecule has 110 valence electrons. The Bertz CT molecular complexity index is 1080. The predicted molar refractivity (Wildman–Crippen MR) is 93.4 cm³/mol. The number of benzene rings is 2. The number of pyridine rings is 1. The van der Waals surface area contributed by atoms with Gasteiger partial charge in [0.1, 0.15) is 5.75 Å². The highest BCUT2D eigenvalue weighted by molar-refractivity contribution is 7.18. The maximum Gasteiger partial charge on any atom is 0.228 e. The summed E-state index contributed by atoms with van der Waals surface area (Å²) in [4.78, 5) is 4.60. The molecule has 0 atom stereocenters. The Labute approximate surface area is 141 Å². The van der Waals surface area contributed by atoms with Crippen LogP contribution in [0.3, 0.4) is 0 Å². The fourth-order valence-electron chi connectivity index (χ4n) is 2.46. The van der Waals surface area contributed by atoms with E-state index in [1.54, 1.807) is 35.6 Å². The Kier molecular flexibility index (Phi) is 3.38. The van der Waals surface area contributed by atoms with Crippen LogP contribution in [0.2, 0.25) is 5.02 Å². The summed E-state index contributed by atoms with van der Waals surface area (Å²) in [5.41, 5.74) is 1.32. The molecule has 2 heterocycles. The molecule has 0 saturated carbocycles. The molecule has 0 spiro atoms. The Morgan fingerprint density at radius 2 is 2.00 bits per heavy atom. The molecule has 2 aromatic carbocycles. The van der Waals surface area contributed by atoms with Gasteiger partial charge in [-0.2, -0.15) is 5.26 Å². The SMILES string of the molecule is N#Cc1ccc2c(c1)nc(Oc1cccc(Cl)c1)c1ccsc12. The summed E-state index contributed by atoms with van der Waals surface area (Å²) in [7, 11) is 0. The number of hydrogen-bond donors (Lipinski definition) is 0. The van der Waals surface area contributed by atoms with E-state index < -0.39 is 0 Å². The Hall–Kier alpha value is -2.61. The first kappa shape index (κ1) is 14.0. The quantitative estimate of drug-likeness (QED) is 0.467. The van der Waals surface area contributed by atoms with Gasteiger partial charge in [-0.25, -0.2) is 4.98 Å². The van der Waals surface area contributed by atoms with Gasteiger partial charge in [-0.15, -0.1) is 11.3 Å². The van der Waals surface area contributed by atoms with E-state index >= 15 is 0 Å². The van der Waals surface area contributed by atoms with Crippen LogP contribution in [0.5, 0.6) is 11.6 Å². The number of thiophene rings is 1. The average molecular weight is 337 g/mol. The van der Waals surface area contributed by atoms with Crippen LogP contribution in [0, 0.1) is 11.3 Å². The second-order valence-electron chi connectivity index (χ2n) is 4.98. The van der Waals surface area contributed by atoms with Crippen molar-refractivity contribution in [3.05, 3.63) is 64.5 Å². The molecule has 5 heteroatoms. The number of halogens is 1. The zero-order chi connectivity index (χ0) is 15.8. The standard InChI is InChI=1S/C18H9ClN2OS/c19-12-2-1-3-13(9-12)22-18-15-6-7-23-17(15)14-5-4-11(10-20)8-16(14)21-18/h1-9H. The first-order valence-corrected chi connectivity index (χ1v) is 8.15. The Morgan fingerprint density at radius 1 is 1.09 bits per heavy atom. The van der Waals surface area contributed by atoms with E-state index in [0.29, 0.717) is 22.2 Å². The van der Waals surface area contributed by atoms with Crippen LogP contribution in [0.15, 0.2) is 53.9 Å². The second kappa shape index (κ2) is 5.54. The second-order valence-corrected chi connectivity index (χ2v) is 6.34. The minimum absolute atomic E-state index is 0.520. The highest BCUT2D eigenvalue weighted by Gasteiger charge is 2.12. The molecule has 4 aromatic rings. The Morgan fingerprint density at radius 3 is 2.83 bits per heavy atom. The van der Waals surface area contributed by atoms with Crippen LogP contribution in [-0.2, 0) is 0 Å². The van der Waals surface area contributed by atoms with E-state index in [9.17, 15) is 0 Å². The predicted octanol–water partition coefficient (Wildman–Crippen LogP) is 5.77.